The smallest absolute Gasteiger partial charge is 0.409 e. The molecule has 0 spiro atoms. The third kappa shape index (κ3) is 10.8. The van der Waals surface area contributed by atoms with Crippen molar-refractivity contribution in [2.75, 3.05) is 20.0 Å². The van der Waals surface area contributed by atoms with E-state index in [1.54, 1.807) is 24.3 Å². The molecular weight excluding hydrogens is 408 g/mol. The molecule has 0 radical (unpaired) electrons. The van der Waals surface area contributed by atoms with Crippen LogP contribution in [0.5, 0.6) is 0 Å². The van der Waals surface area contributed by atoms with E-state index >= 15 is 0 Å². The lowest BCUT2D eigenvalue weighted by Gasteiger charge is -2.19. The third-order valence-corrected chi connectivity index (χ3v) is 3.57. The molecule has 2 aromatic rings. The van der Waals surface area contributed by atoms with Crippen LogP contribution in [0.25, 0.3) is 11.1 Å². The van der Waals surface area contributed by atoms with Crippen molar-refractivity contribution in [3.63, 3.8) is 0 Å². The summed E-state index contributed by atoms with van der Waals surface area (Å²) in [6, 6.07) is 10.7. The van der Waals surface area contributed by atoms with Crippen LogP contribution >= 0.6 is 0 Å². The van der Waals surface area contributed by atoms with Gasteiger partial charge in [-0.3, -0.25) is 10.2 Å². The first-order valence-corrected chi connectivity index (χ1v) is 9.80. The summed E-state index contributed by atoms with van der Waals surface area (Å²) in [6.45, 7) is 8.23. The number of alkyl carbamates (subject to hydrolysis) is 1. The Hall–Kier alpha value is -2.59. The van der Waals surface area contributed by atoms with Crippen molar-refractivity contribution in [2.45, 2.75) is 39.9 Å². The lowest BCUT2D eigenvalue weighted by atomic mass is 10.0. The lowest BCUT2D eigenvalue weighted by molar-refractivity contribution is 0.0281. The molecule has 9 heteroatoms. The van der Waals surface area contributed by atoms with Crippen LogP contribution in [-0.4, -0.2) is 31.7 Å². The molecule has 0 aromatic heterocycles. The molecule has 7 nitrogen and oxygen atoms in total. The van der Waals surface area contributed by atoms with E-state index in [2.05, 4.69) is 10.8 Å². The first-order valence-electron chi connectivity index (χ1n) is 9.80. The number of halogens is 2. The normalized spacial score (nSPS) is 10.8. The minimum Gasteiger partial charge on any atom is -0.444 e. The Balaban J connectivity index is -0.000000568. The van der Waals surface area contributed by atoms with E-state index in [1.165, 1.54) is 18.2 Å². The summed E-state index contributed by atoms with van der Waals surface area (Å²) in [6.07, 6.45) is -0.448. The van der Waals surface area contributed by atoms with Crippen molar-refractivity contribution in [3.8, 4) is 11.1 Å². The SMILES string of the molecule is CCOCNC(=O)OC(C)(C)C.NCNOCc1cc(-c2ccccc2F)ccc1F.[HH].[HH].[HH]. The Morgan fingerprint density at radius 3 is 2.45 bits per heavy atom. The molecular formula is C22H37F2N3O4. The summed E-state index contributed by atoms with van der Waals surface area (Å²) >= 11 is 0. The van der Waals surface area contributed by atoms with Gasteiger partial charge in [-0.2, -0.15) is 5.48 Å². The van der Waals surface area contributed by atoms with Gasteiger partial charge in [-0.1, -0.05) is 24.3 Å². The minimum absolute atomic E-state index is 0. The number of carbonyl (C=O) groups is 1. The zero-order valence-corrected chi connectivity index (χ0v) is 18.3. The Labute approximate surface area is 186 Å². The molecule has 1 amide bonds. The van der Waals surface area contributed by atoms with Crippen molar-refractivity contribution in [1.29, 1.82) is 0 Å². The molecule has 0 saturated carbocycles. The molecule has 0 aliphatic carbocycles. The van der Waals surface area contributed by atoms with Gasteiger partial charge in [0.15, 0.2) is 0 Å². The van der Waals surface area contributed by atoms with E-state index in [0.29, 0.717) is 23.3 Å². The lowest BCUT2D eigenvalue weighted by Crippen LogP contribution is -2.33. The predicted octanol–water partition coefficient (Wildman–Crippen LogP) is 4.81. The molecule has 0 heterocycles. The molecule has 0 saturated heterocycles. The van der Waals surface area contributed by atoms with Crippen molar-refractivity contribution >= 4 is 6.09 Å². The van der Waals surface area contributed by atoms with Crippen LogP contribution in [0.3, 0.4) is 0 Å². The number of rotatable bonds is 8. The van der Waals surface area contributed by atoms with Gasteiger partial charge in [-0.05, 0) is 51.5 Å². The molecule has 2 aromatic carbocycles. The van der Waals surface area contributed by atoms with Crippen LogP contribution in [0.1, 0.15) is 37.5 Å². The van der Waals surface area contributed by atoms with E-state index in [4.69, 9.17) is 20.0 Å². The number of hydroxylamine groups is 1. The highest BCUT2D eigenvalue weighted by molar-refractivity contribution is 5.67. The van der Waals surface area contributed by atoms with Crippen LogP contribution in [0, 0.1) is 11.6 Å². The van der Waals surface area contributed by atoms with Crippen LogP contribution in [-0.2, 0) is 20.9 Å². The van der Waals surface area contributed by atoms with Crippen LogP contribution in [0.15, 0.2) is 42.5 Å². The Morgan fingerprint density at radius 2 is 1.84 bits per heavy atom. The van der Waals surface area contributed by atoms with Gasteiger partial charge in [0.05, 0.1) is 13.3 Å². The molecule has 4 N–H and O–H groups in total. The molecule has 2 rings (SSSR count). The molecule has 0 unspecified atom stereocenters. The van der Waals surface area contributed by atoms with Crippen molar-refractivity contribution in [2.24, 2.45) is 5.73 Å². The standard InChI is InChI=1S/C14H14F2N2O.C8H17NO3.3H2/c15-13-6-5-10(7-11(13)8-19-18-9-17)12-3-1-2-4-14(12)16;1-5-11-6-9-7(10)12-8(2,3)4;;;/h1-7,18H,8-9,17H2;5-6H2,1-4H3,(H,9,10);3*1H. The first kappa shape index (κ1) is 26.4. The number of nitrogens with one attached hydrogen (secondary N) is 2. The summed E-state index contributed by atoms with van der Waals surface area (Å²) in [5, 5.41) is 2.46. The number of benzene rings is 2. The van der Waals surface area contributed by atoms with Crippen molar-refractivity contribution < 1.29 is 32.2 Å². The first-order chi connectivity index (χ1) is 14.7. The fraction of sp³-hybridized carbons (Fsp3) is 0.409. The molecule has 0 fully saturated rings. The van der Waals surface area contributed by atoms with E-state index < -0.39 is 17.5 Å². The largest absolute Gasteiger partial charge is 0.444 e. The maximum Gasteiger partial charge on any atom is 0.409 e. The maximum absolute atomic E-state index is 13.7. The monoisotopic (exact) mass is 445 g/mol. The molecule has 0 aliphatic rings. The van der Waals surface area contributed by atoms with Gasteiger partial charge in [0.2, 0.25) is 0 Å². The second-order valence-corrected chi connectivity index (χ2v) is 7.24. The second-order valence-electron chi connectivity index (χ2n) is 7.24. The quantitative estimate of drug-likeness (QED) is 0.307. The number of amides is 1. The van der Waals surface area contributed by atoms with Gasteiger partial charge in [-0.15, -0.1) is 0 Å². The fourth-order valence-electron chi connectivity index (χ4n) is 2.26. The van der Waals surface area contributed by atoms with E-state index in [-0.39, 0.29) is 30.1 Å². The highest BCUT2D eigenvalue weighted by Gasteiger charge is 2.15. The van der Waals surface area contributed by atoms with Gasteiger partial charge >= 0.3 is 6.09 Å². The predicted molar refractivity (Wildman–Crippen MR) is 121 cm³/mol. The Bertz CT molecular complexity index is 828. The highest BCUT2D eigenvalue weighted by Crippen LogP contribution is 2.24. The van der Waals surface area contributed by atoms with Gasteiger partial charge < -0.3 is 15.2 Å². The van der Waals surface area contributed by atoms with Gasteiger partial charge in [-0.25, -0.2) is 13.6 Å². The maximum atomic E-state index is 13.7. The topological polar surface area (TPSA) is 94.8 Å². The number of ether oxygens (including phenoxy) is 2. The van der Waals surface area contributed by atoms with Crippen molar-refractivity contribution in [3.05, 3.63) is 59.7 Å². The molecule has 0 atom stereocenters. The number of hydrogen-bond acceptors (Lipinski definition) is 6. The average Bonchev–Trinajstić information content (AvgIpc) is 2.69. The van der Waals surface area contributed by atoms with Crippen LogP contribution < -0.4 is 16.5 Å². The zero-order valence-electron chi connectivity index (χ0n) is 18.3. The summed E-state index contributed by atoms with van der Waals surface area (Å²) in [5.74, 6) is -0.750. The van der Waals surface area contributed by atoms with E-state index in [0.717, 1.165) is 0 Å². The van der Waals surface area contributed by atoms with Gasteiger partial charge in [0.1, 0.15) is 24.0 Å². The van der Waals surface area contributed by atoms with E-state index in [9.17, 15) is 13.6 Å². The third-order valence-electron chi connectivity index (χ3n) is 3.57. The van der Waals surface area contributed by atoms with Gasteiger partial charge in [0, 0.05) is 22.0 Å². The molecule has 31 heavy (non-hydrogen) atoms. The summed E-state index contributed by atoms with van der Waals surface area (Å²) < 4.78 is 37.1. The van der Waals surface area contributed by atoms with Crippen LogP contribution in [0.4, 0.5) is 13.6 Å². The number of hydrogen-bond donors (Lipinski definition) is 3. The summed E-state index contributed by atoms with van der Waals surface area (Å²) in [5.41, 5.74) is 8.54. The van der Waals surface area contributed by atoms with E-state index in [1.807, 2.05) is 27.7 Å². The fourth-order valence-corrected chi connectivity index (χ4v) is 2.26. The summed E-state index contributed by atoms with van der Waals surface area (Å²) in [7, 11) is 0. The van der Waals surface area contributed by atoms with Gasteiger partial charge in [0.25, 0.3) is 0 Å². The number of carbonyl (C=O) groups excluding carboxylic acids is 1. The second kappa shape index (κ2) is 13.7. The highest BCUT2D eigenvalue weighted by atomic mass is 19.1. The number of nitrogens with two attached hydrogens (primary N) is 1. The Kier molecular flexibility index (Phi) is 11.7. The minimum atomic E-state index is -0.448. The van der Waals surface area contributed by atoms with Crippen LogP contribution in [0.2, 0.25) is 0 Å². The summed E-state index contributed by atoms with van der Waals surface area (Å²) in [4.78, 5) is 15.9. The average molecular weight is 446 g/mol. The Morgan fingerprint density at radius 1 is 1.13 bits per heavy atom. The molecule has 0 bridgehead atoms. The van der Waals surface area contributed by atoms with Crippen molar-refractivity contribution in [1.82, 2.24) is 10.8 Å². The zero-order chi connectivity index (χ0) is 23.3. The molecule has 178 valence electrons. The molecule has 0 aliphatic heterocycles.